The van der Waals surface area contributed by atoms with Crippen LogP contribution in [0.3, 0.4) is 0 Å². The van der Waals surface area contributed by atoms with Gasteiger partial charge in [0.2, 0.25) is 5.75 Å². The first kappa shape index (κ1) is 21.3. The Balaban J connectivity index is 2.02. The summed E-state index contributed by atoms with van der Waals surface area (Å²) in [5.74, 6) is 0.215. The fourth-order valence-corrected chi connectivity index (χ4v) is 2.75. The molecular weight excluding hydrogens is 381 g/mol. The van der Waals surface area contributed by atoms with Crippen LogP contribution in [-0.4, -0.2) is 25.6 Å². The van der Waals surface area contributed by atoms with E-state index in [1.54, 1.807) is 36.0 Å². The molecule has 30 heavy (non-hydrogen) atoms. The van der Waals surface area contributed by atoms with E-state index in [0.717, 1.165) is 16.5 Å². The van der Waals surface area contributed by atoms with Crippen molar-refractivity contribution in [2.75, 3.05) is 6.61 Å². The van der Waals surface area contributed by atoms with Gasteiger partial charge in [0.25, 0.3) is 5.91 Å². The molecule has 0 saturated carbocycles. The van der Waals surface area contributed by atoms with Gasteiger partial charge < -0.3 is 13.9 Å². The molecule has 0 spiro atoms. The van der Waals surface area contributed by atoms with Crippen molar-refractivity contribution in [3.05, 3.63) is 71.5 Å². The standard InChI is InChI=1S/C23H22BNO5/c1-15(2)9-11-29-23-21-18(10-12-28-21)13-17(5-8-20(26)25-27)22(23)30-14-16-3-6-19(24)7-4-16/h3-10,12-13,27H,11,14H2,1-2H3,(H,25,26)/b8-5+. The Bertz CT molecular complexity index is 1080. The van der Waals surface area contributed by atoms with Gasteiger partial charge in [-0.3, -0.25) is 10.0 Å². The number of carbonyl (C=O) groups excluding carboxylic acids is 1. The van der Waals surface area contributed by atoms with Gasteiger partial charge in [0, 0.05) is 17.0 Å². The number of furan rings is 1. The molecule has 0 saturated heterocycles. The number of hydrogen-bond donors (Lipinski definition) is 2. The third-order valence-corrected chi connectivity index (χ3v) is 4.29. The lowest BCUT2D eigenvalue weighted by atomic mass is 9.95. The van der Waals surface area contributed by atoms with Crippen LogP contribution in [0.15, 0.2) is 64.8 Å². The van der Waals surface area contributed by atoms with Gasteiger partial charge in [0.05, 0.1) is 6.26 Å². The van der Waals surface area contributed by atoms with Crippen molar-refractivity contribution in [1.29, 1.82) is 0 Å². The molecule has 0 unspecified atom stereocenters. The summed E-state index contributed by atoms with van der Waals surface area (Å²) in [7, 11) is 5.75. The highest BCUT2D eigenvalue weighted by Gasteiger charge is 2.18. The molecule has 0 atom stereocenters. The second kappa shape index (κ2) is 9.85. The van der Waals surface area contributed by atoms with Crippen molar-refractivity contribution >= 4 is 36.3 Å². The molecule has 1 amide bonds. The molecule has 0 aliphatic carbocycles. The average Bonchev–Trinajstić information content (AvgIpc) is 3.20. The van der Waals surface area contributed by atoms with Gasteiger partial charge in [-0.1, -0.05) is 35.3 Å². The van der Waals surface area contributed by atoms with Gasteiger partial charge in [0.15, 0.2) is 11.3 Å². The molecule has 2 radical (unpaired) electrons. The van der Waals surface area contributed by atoms with Crippen LogP contribution in [-0.2, 0) is 11.4 Å². The lowest BCUT2D eigenvalue weighted by molar-refractivity contribution is -0.124. The molecule has 0 aliphatic rings. The highest BCUT2D eigenvalue weighted by atomic mass is 16.5. The number of carbonyl (C=O) groups is 1. The Morgan fingerprint density at radius 3 is 2.63 bits per heavy atom. The maximum atomic E-state index is 11.5. The smallest absolute Gasteiger partial charge is 0.267 e. The number of ether oxygens (including phenoxy) is 2. The summed E-state index contributed by atoms with van der Waals surface area (Å²) in [4.78, 5) is 11.5. The van der Waals surface area contributed by atoms with Crippen LogP contribution in [0.2, 0.25) is 0 Å². The molecule has 2 aromatic carbocycles. The van der Waals surface area contributed by atoms with Crippen LogP contribution in [0.1, 0.15) is 25.0 Å². The normalized spacial score (nSPS) is 10.9. The van der Waals surface area contributed by atoms with Crippen molar-refractivity contribution in [3.63, 3.8) is 0 Å². The van der Waals surface area contributed by atoms with Gasteiger partial charge in [-0.25, -0.2) is 5.48 Å². The largest absolute Gasteiger partial charge is 0.484 e. The molecule has 1 aromatic heterocycles. The number of rotatable bonds is 8. The Labute approximate surface area is 176 Å². The molecule has 1 heterocycles. The average molecular weight is 403 g/mol. The van der Waals surface area contributed by atoms with E-state index in [4.69, 9.17) is 26.9 Å². The Morgan fingerprint density at radius 1 is 1.17 bits per heavy atom. The predicted octanol–water partition coefficient (Wildman–Crippen LogP) is 3.67. The summed E-state index contributed by atoms with van der Waals surface area (Å²) in [6.07, 6.45) is 6.26. The molecule has 3 rings (SSSR count). The number of benzene rings is 2. The quantitative estimate of drug-likeness (QED) is 0.197. The van der Waals surface area contributed by atoms with E-state index in [-0.39, 0.29) is 6.61 Å². The number of fused-ring (bicyclic) bond motifs is 1. The van der Waals surface area contributed by atoms with E-state index in [2.05, 4.69) is 0 Å². The van der Waals surface area contributed by atoms with Crippen molar-refractivity contribution in [2.24, 2.45) is 0 Å². The van der Waals surface area contributed by atoms with Crippen LogP contribution in [0.25, 0.3) is 17.0 Å². The first-order chi connectivity index (χ1) is 14.5. The molecule has 0 fully saturated rings. The Kier molecular flexibility index (Phi) is 6.98. The fraction of sp³-hybridized carbons (Fsp3) is 0.174. The summed E-state index contributed by atoms with van der Waals surface area (Å²) in [5, 5.41) is 9.58. The van der Waals surface area contributed by atoms with E-state index in [1.807, 2.05) is 38.1 Å². The number of hydrogen-bond acceptors (Lipinski definition) is 5. The van der Waals surface area contributed by atoms with Crippen LogP contribution < -0.4 is 20.4 Å². The van der Waals surface area contributed by atoms with E-state index in [1.165, 1.54) is 6.08 Å². The summed E-state index contributed by atoms with van der Waals surface area (Å²) < 4.78 is 17.7. The Hall–Kier alpha value is -3.45. The molecule has 0 bridgehead atoms. The third-order valence-electron chi connectivity index (χ3n) is 4.29. The topological polar surface area (TPSA) is 80.9 Å². The van der Waals surface area contributed by atoms with Crippen molar-refractivity contribution in [3.8, 4) is 11.5 Å². The molecule has 6 nitrogen and oxygen atoms in total. The second-order valence-electron chi connectivity index (χ2n) is 6.90. The minimum absolute atomic E-state index is 0.262. The van der Waals surface area contributed by atoms with Crippen LogP contribution >= 0.6 is 0 Å². The minimum Gasteiger partial charge on any atom is -0.484 e. The highest BCUT2D eigenvalue weighted by molar-refractivity contribution is 6.32. The third kappa shape index (κ3) is 5.33. The van der Waals surface area contributed by atoms with E-state index < -0.39 is 5.91 Å². The summed E-state index contributed by atoms with van der Waals surface area (Å²) in [6.45, 7) is 4.56. The zero-order chi connectivity index (χ0) is 21.5. The molecular formula is C23H22BNO5. The second-order valence-corrected chi connectivity index (χ2v) is 6.90. The van der Waals surface area contributed by atoms with Crippen molar-refractivity contribution in [2.45, 2.75) is 20.5 Å². The maximum Gasteiger partial charge on any atom is 0.267 e. The lowest BCUT2D eigenvalue weighted by Gasteiger charge is -2.16. The van der Waals surface area contributed by atoms with Crippen molar-refractivity contribution in [1.82, 2.24) is 5.48 Å². The van der Waals surface area contributed by atoms with Crippen LogP contribution in [0.4, 0.5) is 0 Å². The van der Waals surface area contributed by atoms with Gasteiger partial charge in [-0.2, -0.15) is 0 Å². The molecule has 2 N–H and O–H groups in total. The lowest BCUT2D eigenvalue weighted by Crippen LogP contribution is -2.14. The monoisotopic (exact) mass is 403 g/mol. The number of amides is 1. The van der Waals surface area contributed by atoms with Gasteiger partial charge in [-0.15, -0.1) is 0 Å². The summed E-state index contributed by atoms with van der Waals surface area (Å²) >= 11 is 0. The minimum atomic E-state index is -0.654. The summed E-state index contributed by atoms with van der Waals surface area (Å²) in [6, 6.07) is 11.0. The maximum absolute atomic E-state index is 11.5. The summed E-state index contributed by atoms with van der Waals surface area (Å²) in [5.41, 5.74) is 5.43. The number of nitrogens with one attached hydrogen (secondary N) is 1. The number of hydroxylamine groups is 1. The SMILES string of the molecule is [B]c1ccc(COc2c(/C=C/C(=O)NO)cc3ccoc3c2OCC=C(C)C)cc1. The van der Waals surface area contributed by atoms with Crippen LogP contribution in [0, 0.1) is 0 Å². The van der Waals surface area contributed by atoms with Gasteiger partial charge in [0.1, 0.15) is 21.1 Å². The van der Waals surface area contributed by atoms with E-state index in [9.17, 15) is 4.79 Å². The predicted molar refractivity (Wildman–Crippen MR) is 116 cm³/mol. The zero-order valence-corrected chi connectivity index (χ0v) is 16.8. The highest BCUT2D eigenvalue weighted by Crippen LogP contribution is 2.41. The zero-order valence-electron chi connectivity index (χ0n) is 16.8. The van der Waals surface area contributed by atoms with Gasteiger partial charge >= 0.3 is 0 Å². The number of allylic oxidation sites excluding steroid dienone is 1. The Morgan fingerprint density at radius 2 is 1.93 bits per heavy atom. The first-order valence-electron chi connectivity index (χ1n) is 9.37. The van der Waals surface area contributed by atoms with Gasteiger partial charge in [-0.05, 0) is 43.7 Å². The van der Waals surface area contributed by atoms with E-state index >= 15 is 0 Å². The first-order valence-corrected chi connectivity index (χ1v) is 9.37. The molecule has 3 aromatic rings. The van der Waals surface area contributed by atoms with Crippen LogP contribution in [0.5, 0.6) is 11.5 Å². The molecule has 0 aliphatic heterocycles. The fourth-order valence-electron chi connectivity index (χ4n) is 2.75. The molecule has 152 valence electrons. The molecule has 7 heteroatoms. The van der Waals surface area contributed by atoms with Crippen molar-refractivity contribution < 1.29 is 23.9 Å². The van der Waals surface area contributed by atoms with E-state index in [0.29, 0.717) is 34.7 Å².